The molecule has 1 aliphatic heterocycles. The molecule has 0 unspecified atom stereocenters. The summed E-state index contributed by atoms with van der Waals surface area (Å²) in [7, 11) is 3.98. The Hall–Kier alpha value is -2.12. The van der Waals surface area contributed by atoms with Gasteiger partial charge in [0.25, 0.3) is 5.91 Å². The number of rotatable bonds is 6. The molecule has 0 atom stereocenters. The van der Waals surface area contributed by atoms with Crippen LogP contribution in [-0.2, 0) is 10.5 Å². The Morgan fingerprint density at radius 3 is 2.64 bits per heavy atom. The number of benzene rings is 1. The van der Waals surface area contributed by atoms with Gasteiger partial charge in [-0.3, -0.25) is 4.79 Å². The fraction of sp³-hybridized carbons (Fsp3) is 0.476. The van der Waals surface area contributed by atoms with Gasteiger partial charge in [0.1, 0.15) is 5.82 Å². The molecule has 1 amide bonds. The van der Waals surface area contributed by atoms with E-state index in [4.69, 9.17) is 9.72 Å². The average Bonchev–Trinajstić information content (AvgIpc) is 2.72. The van der Waals surface area contributed by atoms with Crippen LogP contribution in [0.25, 0.3) is 0 Å². The van der Waals surface area contributed by atoms with Gasteiger partial charge in [-0.15, -0.1) is 0 Å². The first kappa shape index (κ1) is 20.6. The molecule has 0 radical (unpaired) electrons. The van der Waals surface area contributed by atoms with Gasteiger partial charge in [-0.25, -0.2) is 9.97 Å². The molecule has 0 aliphatic carbocycles. The second-order valence-electron chi connectivity index (χ2n) is 7.38. The SMILES string of the molecule is CC(C)c1cc(N(C)C)nc(SCc2cccc(C(=O)N3CCOCC3)c2)n1. The highest BCUT2D eigenvalue weighted by atomic mass is 32.2. The number of thioether (sulfide) groups is 1. The Bertz CT molecular complexity index is 794. The number of carbonyl (C=O) groups is 1. The molecule has 0 spiro atoms. The number of ether oxygens (including phenoxy) is 1. The Labute approximate surface area is 171 Å². The molecular formula is C21H28N4O2S. The number of amides is 1. The van der Waals surface area contributed by atoms with Gasteiger partial charge >= 0.3 is 0 Å². The number of hydrogen-bond donors (Lipinski definition) is 0. The predicted octanol–water partition coefficient (Wildman–Crippen LogP) is 3.43. The third-order valence-electron chi connectivity index (χ3n) is 4.60. The van der Waals surface area contributed by atoms with Gasteiger partial charge in [-0.2, -0.15) is 0 Å². The van der Waals surface area contributed by atoms with E-state index in [9.17, 15) is 4.79 Å². The van der Waals surface area contributed by atoms with Crippen molar-refractivity contribution < 1.29 is 9.53 Å². The van der Waals surface area contributed by atoms with Gasteiger partial charge < -0.3 is 14.5 Å². The lowest BCUT2D eigenvalue weighted by molar-refractivity contribution is 0.0303. The van der Waals surface area contributed by atoms with Crippen LogP contribution in [0.4, 0.5) is 5.82 Å². The minimum Gasteiger partial charge on any atom is -0.378 e. The lowest BCUT2D eigenvalue weighted by atomic mass is 10.1. The Balaban J connectivity index is 1.72. The van der Waals surface area contributed by atoms with Gasteiger partial charge in [-0.05, 0) is 23.6 Å². The van der Waals surface area contributed by atoms with Crippen molar-refractivity contribution in [1.29, 1.82) is 0 Å². The van der Waals surface area contributed by atoms with Gasteiger partial charge in [-0.1, -0.05) is 37.7 Å². The van der Waals surface area contributed by atoms with E-state index in [0.717, 1.165) is 33.5 Å². The van der Waals surface area contributed by atoms with Crippen LogP contribution in [0, 0.1) is 0 Å². The molecule has 7 heteroatoms. The highest BCUT2D eigenvalue weighted by Gasteiger charge is 2.18. The van der Waals surface area contributed by atoms with Crippen LogP contribution >= 0.6 is 11.8 Å². The van der Waals surface area contributed by atoms with E-state index in [0.29, 0.717) is 32.2 Å². The summed E-state index contributed by atoms with van der Waals surface area (Å²) in [6, 6.07) is 9.88. The zero-order valence-corrected chi connectivity index (χ0v) is 17.8. The van der Waals surface area contributed by atoms with Crippen LogP contribution in [0.5, 0.6) is 0 Å². The molecule has 1 saturated heterocycles. The van der Waals surface area contributed by atoms with Crippen molar-refractivity contribution in [1.82, 2.24) is 14.9 Å². The summed E-state index contributed by atoms with van der Waals surface area (Å²) in [5, 5.41) is 0.764. The largest absolute Gasteiger partial charge is 0.378 e. The number of anilines is 1. The predicted molar refractivity (Wildman–Crippen MR) is 113 cm³/mol. The maximum absolute atomic E-state index is 12.7. The maximum Gasteiger partial charge on any atom is 0.254 e. The van der Waals surface area contributed by atoms with Crippen LogP contribution in [0.2, 0.25) is 0 Å². The van der Waals surface area contributed by atoms with Gasteiger partial charge in [0.15, 0.2) is 5.16 Å². The number of aromatic nitrogens is 2. The Morgan fingerprint density at radius 2 is 1.96 bits per heavy atom. The summed E-state index contributed by atoms with van der Waals surface area (Å²) in [6.07, 6.45) is 0. The molecule has 1 fully saturated rings. The second kappa shape index (κ2) is 9.39. The molecule has 28 heavy (non-hydrogen) atoms. The zero-order valence-electron chi connectivity index (χ0n) is 17.0. The van der Waals surface area contributed by atoms with Gasteiger partial charge in [0.2, 0.25) is 0 Å². The van der Waals surface area contributed by atoms with Crippen molar-refractivity contribution in [3.63, 3.8) is 0 Å². The summed E-state index contributed by atoms with van der Waals surface area (Å²) in [5.74, 6) is 2.05. The van der Waals surface area contributed by atoms with Crippen molar-refractivity contribution in [2.24, 2.45) is 0 Å². The van der Waals surface area contributed by atoms with Crippen molar-refractivity contribution >= 4 is 23.5 Å². The monoisotopic (exact) mass is 400 g/mol. The Morgan fingerprint density at radius 1 is 1.21 bits per heavy atom. The highest BCUT2D eigenvalue weighted by Crippen LogP contribution is 2.25. The Kier molecular flexibility index (Phi) is 6.91. The number of hydrogen-bond acceptors (Lipinski definition) is 6. The van der Waals surface area contributed by atoms with E-state index in [2.05, 4.69) is 18.8 Å². The molecule has 1 aliphatic rings. The first-order chi connectivity index (χ1) is 13.4. The third-order valence-corrected chi connectivity index (χ3v) is 5.52. The molecule has 0 N–H and O–H groups in total. The van der Waals surface area contributed by atoms with E-state index in [1.54, 1.807) is 11.8 Å². The number of nitrogens with zero attached hydrogens (tertiary/aromatic N) is 4. The summed E-state index contributed by atoms with van der Waals surface area (Å²) in [5.41, 5.74) is 2.86. The molecule has 0 bridgehead atoms. The van der Waals surface area contributed by atoms with Crippen LogP contribution < -0.4 is 4.90 Å². The quantitative estimate of drug-likeness (QED) is 0.547. The summed E-state index contributed by atoms with van der Waals surface area (Å²) < 4.78 is 5.34. The first-order valence-electron chi connectivity index (χ1n) is 9.59. The van der Waals surface area contributed by atoms with E-state index < -0.39 is 0 Å². The smallest absolute Gasteiger partial charge is 0.254 e. The van der Waals surface area contributed by atoms with Crippen LogP contribution in [0.1, 0.15) is 41.4 Å². The van der Waals surface area contributed by atoms with E-state index in [1.807, 2.05) is 54.2 Å². The van der Waals surface area contributed by atoms with Crippen molar-refractivity contribution in [3.05, 3.63) is 47.2 Å². The molecule has 1 aromatic carbocycles. The van der Waals surface area contributed by atoms with Crippen LogP contribution in [-0.4, -0.2) is 61.2 Å². The second-order valence-corrected chi connectivity index (χ2v) is 8.32. The minimum absolute atomic E-state index is 0.0723. The molecule has 1 aromatic heterocycles. The fourth-order valence-corrected chi connectivity index (χ4v) is 3.71. The van der Waals surface area contributed by atoms with E-state index in [1.165, 1.54) is 0 Å². The minimum atomic E-state index is 0.0723. The standard InChI is InChI=1S/C21H28N4O2S/c1-15(2)18-13-19(24(3)4)23-21(22-18)28-14-16-6-5-7-17(12-16)20(26)25-8-10-27-11-9-25/h5-7,12-13,15H,8-11,14H2,1-4H3. The molecular weight excluding hydrogens is 372 g/mol. The molecule has 2 heterocycles. The van der Waals surface area contributed by atoms with E-state index in [-0.39, 0.29) is 5.91 Å². The molecule has 2 aromatic rings. The summed E-state index contributed by atoms with van der Waals surface area (Å²) in [4.78, 5) is 25.9. The molecule has 150 valence electrons. The van der Waals surface area contributed by atoms with Gasteiger partial charge in [0.05, 0.1) is 13.2 Å². The fourth-order valence-electron chi connectivity index (χ4n) is 2.91. The molecule has 6 nitrogen and oxygen atoms in total. The summed E-state index contributed by atoms with van der Waals surface area (Å²) >= 11 is 1.60. The zero-order chi connectivity index (χ0) is 20.1. The van der Waals surface area contributed by atoms with Crippen LogP contribution in [0.15, 0.2) is 35.5 Å². The van der Waals surface area contributed by atoms with Crippen LogP contribution in [0.3, 0.4) is 0 Å². The highest BCUT2D eigenvalue weighted by molar-refractivity contribution is 7.98. The lowest BCUT2D eigenvalue weighted by Gasteiger charge is -2.27. The molecule has 3 rings (SSSR count). The maximum atomic E-state index is 12.7. The third kappa shape index (κ3) is 5.23. The van der Waals surface area contributed by atoms with Gasteiger partial charge in [0, 0.05) is 50.3 Å². The number of morpholine rings is 1. The summed E-state index contributed by atoms with van der Waals surface area (Å²) in [6.45, 7) is 6.80. The van der Waals surface area contributed by atoms with Crippen molar-refractivity contribution in [2.75, 3.05) is 45.3 Å². The average molecular weight is 401 g/mol. The topological polar surface area (TPSA) is 58.6 Å². The first-order valence-corrected chi connectivity index (χ1v) is 10.6. The number of carbonyl (C=O) groups excluding carboxylic acids is 1. The van der Waals surface area contributed by atoms with Crippen molar-refractivity contribution in [2.45, 2.75) is 30.7 Å². The molecule has 0 saturated carbocycles. The lowest BCUT2D eigenvalue weighted by Crippen LogP contribution is -2.40. The van der Waals surface area contributed by atoms with Crippen molar-refractivity contribution in [3.8, 4) is 0 Å². The normalized spacial score (nSPS) is 14.4. The van der Waals surface area contributed by atoms with E-state index >= 15 is 0 Å².